The molecule has 0 amide bonds. The third-order valence-corrected chi connectivity index (χ3v) is 6.18. The molecule has 7 heteroatoms. The Hall–Kier alpha value is -2.25. The number of nitrogens with zero attached hydrogens (tertiary/aromatic N) is 5. The number of aryl methyl sites for hydroxylation is 1. The summed E-state index contributed by atoms with van der Waals surface area (Å²) in [4.78, 5) is 2.52. The molecule has 28 heavy (non-hydrogen) atoms. The molecule has 0 bridgehead atoms. The van der Waals surface area contributed by atoms with Crippen LogP contribution in [0, 0.1) is 5.82 Å². The number of nitrogens with one attached hydrogen (secondary N) is 1. The van der Waals surface area contributed by atoms with Crippen molar-refractivity contribution in [3.8, 4) is 0 Å². The maximum absolute atomic E-state index is 13.7. The predicted octanol–water partition coefficient (Wildman–Crippen LogP) is 2.87. The zero-order chi connectivity index (χ0) is 19.1. The quantitative estimate of drug-likeness (QED) is 0.754. The van der Waals surface area contributed by atoms with Crippen LogP contribution in [-0.4, -0.2) is 43.9 Å². The summed E-state index contributed by atoms with van der Waals surface area (Å²) in [5, 5.41) is 13.5. The Morgan fingerprint density at radius 3 is 3.07 bits per heavy atom. The molecule has 2 aromatic heterocycles. The Labute approximate surface area is 164 Å². The lowest BCUT2D eigenvalue weighted by atomic mass is 9.96. The van der Waals surface area contributed by atoms with E-state index in [4.69, 9.17) is 0 Å². The number of hydrogen-bond acceptors (Lipinski definition) is 4. The Balaban J connectivity index is 1.38. The van der Waals surface area contributed by atoms with Gasteiger partial charge in [-0.05, 0) is 50.1 Å². The van der Waals surface area contributed by atoms with Gasteiger partial charge >= 0.3 is 0 Å². The van der Waals surface area contributed by atoms with E-state index in [9.17, 15) is 4.39 Å². The van der Waals surface area contributed by atoms with Gasteiger partial charge in [0.2, 0.25) is 0 Å². The summed E-state index contributed by atoms with van der Waals surface area (Å²) in [5.41, 5.74) is 2.27. The van der Waals surface area contributed by atoms with Crippen LogP contribution in [-0.2, 0) is 26.2 Å². The van der Waals surface area contributed by atoms with Crippen LogP contribution < -0.4 is 5.32 Å². The van der Waals surface area contributed by atoms with Gasteiger partial charge in [-0.1, -0.05) is 0 Å². The van der Waals surface area contributed by atoms with Crippen molar-refractivity contribution in [1.29, 1.82) is 0 Å². The highest BCUT2D eigenvalue weighted by atomic mass is 19.1. The smallest absolute Gasteiger partial charge is 0.147 e. The van der Waals surface area contributed by atoms with Crippen molar-refractivity contribution in [3.63, 3.8) is 0 Å². The fraction of sp³-hybridized carbons (Fsp3) is 0.524. The van der Waals surface area contributed by atoms with Gasteiger partial charge < -0.3 is 14.5 Å². The second-order valence-corrected chi connectivity index (χ2v) is 7.98. The maximum atomic E-state index is 13.7. The van der Waals surface area contributed by atoms with E-state index in [1.165, 1.54) is 18.4 Å². The molecule has 0 unspecified atom stereocenters. The van der Waals surface area contributed by atoms with Crippen molar-refractivity contribution in [2.45, 2.75) is 51.9 Å². The molecule has 1 atom stereocenters. The lowest BCUT2D eigenvalue weighted by molar-refractivity contribution is 0.194. The van der Waals surface area contributed by atoms with E-state index in [1.54, 1.807) is 12.1 Å². The number of fused-ring (bicyclic) bond motifs is 2. The van der Waals surface area contributed by atoms with Crippen molar-refractivity contribution in [2.75, 3.05) is 19.6 Å². The van der Waals surface area contributed by atoms with Gasteiger partial charge in [0.1, 0.15) is 17.5 Å². The summed E-state index contributed by atoms with van der Waals surface area (Å²) in [7, 11) is 0. The first-order valence-corrected chi connectivity index (χ1v) is 10.3. The summed E-state index contributed by atoms with van der Waals surface area (Å²) in [6.45, 7) is 8.72. The molecule has 148 valence electrons. The SMILES string of the molecule is CCn1cc(CN2CCC[C@@H](c3nnc4n3CCNC4)C2)c2ccc(F)cc21. The zero-order valence-corrected chi connectivity index (χ0v) is 16.4. The van der Waals surface area contributed by atoms with Crippen LogP contribution in [0.15, 0.2) is 24.4 Å². The van der Waals surface area contributed by atoms with Gasteiger partial charge in [-0.25, -0.2) is 4.39 Å². The Morgan fingerprint density at radius 1 is 1.25 bits per heavy atom. The fourth-order valence-corrected chi connectivity index (χ4v) is 4.80. The van der Waals surface area contributed by atoms with E-state index in [2.05, 4.69) is 42.7 Å². The molecule has 0 spiro atoms. The molecule has 1 fully saturated rings. The van der Waals surface area contributed by atoms with E-state index in [0.29, 0.717) is 5.92 Å². The summed E-state index contributed by atoms with van der Waals surface area (Å²) in [6, 6.07) is 5.15. The standard InChI is InChI=1S/C21H27FN6/c1-2-27-14-16(18-6-5-17(22)10-19(18)27)13-26-8-3-4-15(12-26)21-25-24-20-11-23-7-9-28(20)21/h5-6,10,14-15,23H,2-4,7-9,11-13H2,1H3/t15-/m1/s1. The van der Waals surface area contributed by atoms with Gasteiger partial charge in [-0.2, -0.15) is 0 Å². The summed E-state index contributed by atoms with van der Waals surface area (Å²) < 4.78 is 18.2. The molecule has 0 radical (unpaired) electrons. The molecule has 2 aliphatic rings. The molecule has 1 aromatic carbocycles. The molecule has 0 aliphatic carbocycles. The van der Waals surface area contributed by atoms with Crippen LogP contribution in [0.3, 0.4) is 0 Å². The second kappa shape index (κ2) is 7.29. The summed E-state index contributed by atoms with van der Waals surface area (Å²) in [6.07, 6.45) is 4.54. The molecule has 3 aromatic rings. The first kappa shape index (κ1) is 17.8. The van der Waals surface area contributed by atoms with E-state index in [0.717, 1.165) is 68.4 Å². The number of benzene rings is 1. The Morgan fingerprint density at radius 2 is 2.18 bits per heavy atom. The second-order valence-electron chi connectivity index (χ2n) is 7.98. The molecular weight excluding hydrogens is 355 g/mol. The maximum Gasteiger partial charge on any atom is 0.147 e. The normalized spacial score (nSPS) is 20.6. The third-order valence-electron chi connectivity index (χ3n) is 6.18. The molecule has 1 N–H and O–H groups in total. The highest BCUT2D eigenvalue weighted by molar-refractivity contribution is 5.84. The first-order chi connectivity index (χ1) is 13.7. The summed E-state index contributed by atoms with van der Waals surface area (Å²) in [5.74, 6) is 2.48. The fourth-order valence-electron chi connectivity index (χ4n) is 4.80. The monoisotopic (exact) mass is 382 g/mol. The van der Waals surface area contributed by atoms with Crippen LogP contribution in [0.25, 0.3) is 10.9 Å². The highest BCUT2D eigenvalue weighted by Gasteiger charge is 2.28. The molecule has 0 saturated carbocycles. The molecule has 2 aliphatic heterocycles. The molecule has 1 saturated heterocycles. The van der Waals surface area contributed by atoms with Crippen molar-refractivity contribution in [3.05, 3.63) is 47.4 Å². The van der Waals surface area contributed by atoms with E-state index >= 15 is 0 Å². The highest BCUT2D eigenvalue weighted by Crippen LogP contribution is 2.30. The van der Waals surface area contributed by atoms with Gasteiger partial charge in [0.25, 0.3) is 0 Å². The van der Waals surface area contributed by atoms with E-state index < -0.39 is 0 Å². The first-order valence-electron chi connectivity index (χ1n) is 10.3. The largest absolute Gasteiger partial charge is 0.347 e. The molecule has 4 heterocycles. The van der Waals surface area contributed by atoms with E-state index in [-0.39, 0.29) is 5.82 Å². The average molecular weight is 382 g/mol. The molecular formula is C21H27FN6. The predicted molar refractivity (Wildman–Crippen MR) is 107 cm³/mol. The van der Waals surface area contributed by atoms with Crippen molar-refractivity contribution >= 4 is 10.9 Å². The Bertz CT molecular complexity index is 990. The Kier molecular flexibility index (Phi) is 4.64. The third kappa shape index (κ3) is 3.12. The zero-order valence-electron chi connectivity index (χ0n) is 16.4. The number of piperidine rings is 1. The minimum absolute atomic E-state index is 0.170. The van der Waals surface area contributed by atoms with Crippen LogP contribution in [0.1, 0.15) is 42.9 Å². The number of likely N-dealkylation sites (tertiary alicyclic amines) is 1. The minimum atomic E-state index is -0.170. The number of halogens is 1. The van der Waals surface area contributed by atoms with Crippen LogP contribution >= 0.6 is 0 Å². The van der Waals surface area contributed by atoms with Gasteiger partial charge in [-0.3, -0.25) is 4.90 Å². The number of rotatable bonds is 4. The van der Waals surface area contributed by atoms with Crippen LogP contribution in [0.4, 0.5) is 4.39 Å². The number of aromatic nitrogens is 4. The topological polar surface area (TPSA) is 50.9 Å². The van der Waals surface area contributed by atoms with E-state index in [1.807, 2.05) is 6.07 Å². The molecule has 5 rings (SSSR count). The number of hydrogen-bond donors (Lipinski definition) is 1. The van der Waals surface area contributed by atoms with Gasteiger partial charge in [-0.15, -0.1) is 10.2 Å². The van der Waals surface area contributed by atoms with Crippen molar-refractivity contribution < 1.29 is 4.39 Å². The van der Waals surface area contributed by atoms with Crippen LogP contribution in [0.5, 0.6) is 0 Å². The molecule has 6 nitrogen and oxygen atoms in total. The van der Waals surface area contributed by atoms with Gasteiger partial charge in [0.15, 0.2) is 0 Å². The lowest BCUT2D eigenvalue weighted by Crippen LogP contribution is -2.36. The summed E-state index contributed by atoms with van der Waals surface area (Å²) >= 11 is 0. The van der Waals surface area contributed by atoms with Crippen molar-refractivity contribution in [1.82, 2.24) is 29.5 Å². The van der Waals surface area contributed by atoms with Gasteiger partial charge in [0.05, 0.1) is 12.1 Å². The van der Waals surface area contributed by atoms with Gasteiger partial charge in [0, 0.05) is 50.2 Å². The van der Waals surface area contributed by atoms with Crippen molar-refractivity contribution in [2.24, 2.45) is 0 Å². The lowest BCUT2D eigenvalue weighted by Gasteiger charge is -2.32. The minimum Gasteiger partial charge on any atom is -0.347 e. The van der Waals surface area contributed by atoms with Crippen LogP contribution in [0.2, 0.25) is 0 Å². The average Bonchev–Trinajstić information content (AvgIpc) is 3.29.